The van der Waals surface area contributed by atoms with E-state index in [-0.39, 0.29) is 17.7 Å². The van der Waals surface area contributed by atoms with Crippen molar-refractivity contribution in [3.05, 3.63) is 197 Å². The molecule has 8 aromatic carbocycles. The minimum atomic E-state index is -0.534. The molecule has 4 heterocycles. The predicted octanol–water partition coefficient (Wildman–Crippen LogP) is 12.5. The summed E-state index contributed by atoms with van der Waals surface area (Å²) in [5.41, 5.74) is 19.2. The number of nitrogens with zero attached hydrogens (tertiary/aromatic N) is 2. The van der Waals surface area contributed by atoms with E-state index in [2.05, 4.69) is 215 Å². The Morgan fingerprint density at radius 2 is 1.12 bits per heavy atom. The fourth-order valence-corrected chi connectivity index (χ4v) is 11.1. The van der Waals surface area contributed by atoms with Crippen LogP contribution in [0.5, 0.6) is 0 Å². The van der Waals surface area contributed by atoms with Gasteiger partial charge in [-0.2, -0.15) is 0 Å². The summed E-state index contributed by atoms with van der Waals surface area (Å²) in [6.07, 6.45) is 0. The van der Waals surface area contributed by atoms with E-state index in [1.165, 1.54) is 105 Å². The summed E-state index contributed by atoms with van der Waals surface area (Å²) in [4.78, 5) is 2.76. The second-order valence-electron chi connectivity index (χ2n) is 18.9. The van der Waals surface area contributed by atoms with E-state index in [9.17, 15) is 0 Å². The monoisotopic (exact) mass is 744 g/mol. The second-order valence-corrected chi connectivity index (χ2v) is 18.9. The average molecular weight is 745 g/mol. The lowest BCUT2D eigenvalue weighted by molar-refractivity contribution is 0.590. The van der Waals surface area contributed by atoms with E-state index in [1.807, 2.05) is 0 Å². The Morgan fingerprint density at radius 3 is 1.84 bits per heavy atom. The van der Waals surface area contributed by atoms with Crippen LogP contribution in [0.4, 0.5) is 11.4 Å². The van der Waals surface area contributed by atoms with E-state index >= 15 is 0 Å². The smallest absolute Gasteiger partial charge is 0.333 e. The lowest BCUT2D eigenvalue weighted by Gasteiger charge is -2.52. The molecule has 0 fully saturated rings. The maximum absolute atomic E-state index is 2.76. The summed E-state index contributed by atoms with van der Waals surface area (Å²) in [5, 5.41) is 5.24. The summed E-state index contributed by atoms with van der Waals surface area (Å²) < 4.78 is 2.65. The van der Waals surface area contributed by atoms with Gasteiger partial charge in [-0.25, -0.2) is 0 Å². The van der Waals surface area contributed by atoms with Crippen LogP contribution in [0.3, 0.4) is 0 Å². The molecule has 1 aromatic heterocycles. The topological polar surface area (TPSA) is 8.17 Å². The normalized spacial score (nSPS) is 14.8. The van der Waals surface area contributed by atoms with Crippen molar-refractivity contribution in [1.29, 1.82) is 0 Å². The van der Waals surface area contributed by atoms with Crippen LogP contribution in [0.15, 0.2) is 164 Å². The van der Waals surface area contributed by atoms with Gasteiger partial charge >= 0.3 is 6.85 Å². The third-order valence-corrected chi connectivity index (χ3v) is 13.7. The molecule has 2 nitrogen and oxygen atoms in total. The molecule has 3 heteroatoms. The molecule has 0 atom stereocenters. The first kappa shape index (κ1) is 33.8. The van der Waals surface area contributed by atoms with E-state index in [4.69, 9.17) is 0 Å². The van der Waals surface area contributed by atoms with Gasteiger partial charge in [0.15, 0.2) is 0 Å². The van der Waals surface area contributed by atoms with Gasteiger partial charge in [0.1, 0.15) is 0 Å². The minimum absolute atomic E-state index is 0.0239. The van der Waals surface area contributed by atoms with Crippen LogP contribution >= 0.6 is 0 Å². The highest BCUT2D eigenvalue weighted by molar-refractivity contribution is 6.94. The van der Waals surface area contributed by atoms with E-state index < -0.39 is 5.41 Å². The van der Waals surface area contributed by atoms with Gasteiger partial charge < -0.3 is 9.38 Å². The first-order chi connectivity index (χ1) is 28.1. The first-order valence-electron chi connectivity index (χ1n) is 20.9. The van der Waals surface area contributed by atoms with Crippen molar-refractivity contribution >= 4 is 61.7 Å². The molecule has 0 aliphatic carbocycles. The summed E-state index contributed by atoms with van der Waals surface area (Å²) in [6.45, 7) is 14.0. The Morgan fingerprint density at radius 1 is 0.483 bits per heavy atom. The summed E-state index contributed by atoms with van der Waals surface area (Å²) in [6, 6.07) is 62.8. The van der Waals surface area contributed by atoms with Crippen molar-refractivity contribution in [2.75, 3.05) is 4.81 Å². The summed E-state index contributed by atoms with van der Waals surface area (Å²) in [5.74, 6) is 0. The van der Waals surface area contributed by atoms with Crippen LogP contribution in [-0.4, -0.2) is 11.4 Å². The summed E-state index contributed by atoms with van der Waals surface area (Å²) >= 11 is 0. The predicted molar refractivity (Wildman–Crippen MR) is 247 cm³/mol. The molecule has 278 valence electrons. The number of hydrogen-bond donors (Lipinski definition) is 0. The van der Waals surface area contributed by atoms with Crippen LogP contribution < -0.4 is 15.7 Å². The molecular formula is C55H45BN2. The Hall–Kier alpha value is -6.32. The van der Waals surface area contributed by atoms with Crippen LogP contribution in [-0.2, 0) is 16.2 Å². The maximum atomic E-state index is 2.76. The first-order valence-corrected chi connectivity index (χ1v) is 20.9. The highest BCUT2D eigenvalue weighted by Crippen LogP contribution is 2.60. The Labute approximate surface area is 341 Å². The van der Waals surface area contributed by atoms with Crippen LogP contribution in [0.1, 0.15) is 74.9 Å². The molecule has 12 rings (SSSR count). The lowest BCUT2D eigenvalue weighted by Crippen LogP contribution is -2.62. The van der Waals surface area contributed by atoms with E-state index in [1.54, 1.807) is 0 Å². The minimum Gasteiger partial charge on any atom is -0.376 e. The number of anilines is 2. The Balaban J connectivity index is 1.31. The SMILES string of the molecule is CC(C)(C)c1ccc2c(c1)c1cc(C(C)(C)C)cc3c1n2-c1c2c(cc4ccccc14)-c1cccc4c1N(B23)c1ccccc1C4(c1ccccc1)c1ccccc1. The summed E-state index contributed by atoms with van der Waals surface area (Å²) in [7, 11) is 0. The zero-order chi connectivity index (χ0) is 39.3. The van der Waals surface area contributed by atoms with Gasteiger partial charge in [-0.05, 0) is 96.4 Å². The fourth-order valence-electron chi connectivity index (χ4n) is 11.1. The molecule has 0 amide bonds. The molecule has 3 aliphatic rings. The van der Waals surface area contributed by atoms with Gasteiger partial charge in [0.25, 0.3) is 0 Å². The number of fused-ring (bicyclic) bond motifs is 11. The molecule has 58 heavy (non-hydrogen) atoms. The number of rotatable bonds is 2. The molecule has 0 bridgehead atoms. The van der Waals surface area contributed by atoms with Crippen molar-refractivity contribution in [2.45, 2.75) is 57.8 Å². The highest BCUT2D eigenvalue weighted by Gasteiger charge is 2.53. The van der Waals surface area contributed by atoms with Gasteiger partial charge in [-0.1, -0.05) is 175 Å². The molecule has 0 saturated carbocycles. The van der Waals surface area contributed by atoms with Crippen LogP contribution in [0.2, 0.25) is 0 Å². The Bertz CT molecular complexity index is 3160. The molecule has 0 N–H and O–H groups in total. The Kier molecular flexibility index (Phi) is 6.65. The van der Waals surface area contributed by atoms with Crippen molar-refractivity contribution in [3.8, 4) is 16.8 Å². The number of hydrogen-bond acceptors (Lipinski definition) is 1. The highest BCUT2D eigenvalue weighted by atomic mass is 15.1. The fraction of sp³-hybridized carbons (Fsp3) is 0.164. The van der Waals surface area contributed by atoms with Crippen molar-refractivity contribution in [3.63, 3.8) is 0 Å². The maximum Gasteiger partial charge on any atom is 0.333 e. The van der Waals surface area contributed by atoms with Crippen LogP contribution in [0.25, 0.3) is 49.4 Å². The zero-order valence-electron chi connectivity index (χ0n) is 34.1. The largest absolute Gasteiger partial charge is 0.376 e. The van der Waals surface area contributed by atoms with E-state index in [0.29, 0.717) is 0 Å². The van der Waals surface area contributed by atoms with Crippen molar-refractivity contribution in [2.24, 2.45) is 0 Å². The standard InChI is InChI=1S/C55H45BN2/c1-53(2,3)37-28-29-47-41(31-37)43-32-38(54(4,5)6)33-46-51(43)57(47)52-39-23-14-13-18-34(39)30-42-40-24-17-26-45-50(40)58(56(46)49(42)52)48-27-16-15-25-44(48)55(45,35-19-9-7-10-20-35)36-21-11-8-12-22-36/h7-33H,1-6H3. The molecule has 0 unspecified atom stereocenters. The van der Waals surface area contributed by atoms with E-state index in [0.717, 1.165) is 0 Å². The number of benzene rings is 8. The van der Waals surface area contributed by atoms with Crippen molar-refractivity contribution < 1.29 is 0 Å². The van der Waals surface area contributed by atoms with Gasteiger partial charge in [0.2, 0.25) is 0 Å². The molecule has 0 radical (unpaired) electrons. The van der Waals surface area contributed by atoms with Crippen LogP contribution in [0, 0.1) is 0 Å². The van der Waals surface area contributed by atoms with Gasteiger partial charge in [0, 0.05) is 33.1 Å². The van der Waals surface area contributed by atoms with Gasteiger partial charge in [-0.15, -0.1) is 0 Å². The molecule has 3 aliphatic heterocycles. The lowest BCUT2D eigenvalue weighted by atomic mass is 9.42. The molecular weight excluding hydrogens is 699 g/mol. The van der Waals surface area contributed by atoms with Crippen molar-refractivity contribution in [1.82, 2.24) is 4.57 Å². The second kappa shape index (κ2) is 11.4. The quantitative estimate of drug-likeness (QED) is 0.160. The number of para-hydroxylation sites is 2. The average Bonchev–Trinajstić information content (AvgIpc) is 3.57. The molecule has 9 aromatic rings. The molecule has 0 spiro atoms. The third-order valence-electron chi connectivity index (χ3n) is 13.7. The third kappa shape index (κ3) is 4.24. The number of aromatic nitrogens is 1. The molecule has 0 saturated heterocycles. The zero-order valence-corrected chi connectivity index (χ0v) is 34.1. The van der Waals surface area contributed by atoms with Gasteiger partial charge in [-0.3, -0.25) is 0 Å². The van der Waals surface area contributed by atoms with Gasteiger partial charge in [0.05, 0.1) is 22.1 Å².